The Hall–Kier alpha value is -2.82. The van der Waals surface area contributed by atoms with Gasteiger partial charge in [0.2, 0.25) is 11.8 Å². The predicted octanol–water partition coefficient (Wildman–Crippen LogP) is 2.39. The summed E-state index contributed by atoms with van der Waals surface area (Å²) in [7, 11) is 0. The summed E-state index contributed by atoms with van der Waals surface area (Å²) in [5, 5.41) is 15.1. The maximum atomic E-state index is 11.8. The van der Waals surface area contributed by atoms with Crippen LogP contribution in [0.3, 0.4) is 0 Å². The lowest BCUT2D eigenvalue weighted by Gasteiger charge is -2.09. The number of hydrogen-bond acceptors (Lipinski definition) is 3. The minimum absolute atomic E-state index is 0.0338. The summed E-state index contributed by atoms with van der Waals surface area (Å²) in [6.07, 6.45) is 0.440. The average molecular weight is 312 g/mol. The van der Waals surface area contributed by atoms with Gasteiger partial charge in [0.1, 0.15) is 5.75 Å². The Balaban J connectivity index is 1.73. The standard InChI is InChI=1S/C18H20N2O3/c1-13-7-8-15(16(21)11-13)20-17(22)9-10-19-18(23)12-14-5-3-2-4-6-14/h2-8,11,21H,9-10,12H2,1H3,(H,19,23)(H,20,22). The second kappa shape index (κ2) is 7.98. The van der Waals surface area contributed by atoms with Gasteiger partial charge in [-0.1, -0.05) is 36.4 Å². The van der Waals surface area contributed by atoms with Crippen LogP contribution in [0.4, 0.5) is 5.69 Å². The molecule has 0 aliphatic carbocycles. The van der Waals surface area contributed by atoms with Crippen LogP contribution in [0.25, 0.3) is 0 Å². The summed E-state index contributed by atoms with van der Waals surface area (Å²) in [6.45, 7) is 2.11. The van der Waals surface area contributed by atoms with E-state index in [4.69, 9.17) is 0 Å². The van der Waals surface area contributed by atoms with E-state index in [-0.39, 0.29) is 30.5 Å². The number of nitrogens with one attached hydrogen (secondary N) is 2. The molecule has 23 heavy (non-hydrogen) atoms. The number of phenolic OH excluding ortho intramolecular Hbond substituents is 1. The first-order chi connectivity index (χ1) is 11.0. The van der Waals surface area contributed by atoms with E-state index in [1.807, 2.05) is 37.3 Å². The van der Waals surface area contributed by atoms with Crippen LogP contribution in [0.1, 0.15) is 17.5 Å². The highest BCUT2D eigenvalue weighted by molar-refractivity contribution is 5.92. The number of carbonyl (C=O) groups excluding carboxylic acids is 2. The van der Waals surface area contributed by atoms with Crippen LogP contribution in [0.5, 0.6) is 5.75 Å². The molecule has 2 aromatic carbocycles. The number of rotatable bonds is 6. The lowest BCUT2D eigenvalue weighted by molar-refractivity contribution is -0.120. The molecule has 5 nitrogen and oxygen atoms in total. The van der Waals surface area contributed by atoms with Crippen molar-refractivity contribution in [2.45, 2.75) is 19.8 Å². The number of aromatic hydroxyl groups is 1. The Morgan fingerprint density at radius 2 is 1.78 bits per heavy atom. The summed E-state index contributed by atoms with van der Waals surface area (Å²) in [4.78, 5) is 23.6. The third-order valence-electron chi connectivity index (χ3n) is 3.31. The van der Waals surface area contributed by atoms with E-state index in [2.05, 4.69) is 10.6 Å². The number of phenols is 1. The molecule has 0 aromatic heterocycles. The number of hydrogen-bond donors (Lipinski definition) is 3. The summed E-state index contributed by atoms with van der Waals surface area (Å²) in [5.41, 5.74) is 2.21. The monoisotopic (exact) mass is 312 g/mol. The number of benzene rings is 2. The van der Waals surface area contributed by atoms with E-state index in [9.17, 15) is 14.7 Å². The molecule has 0 saturated heterocycles. The minimum Gasteiger partial charge on any atom is -0.506 e. The van der Waals surface area contributed by atoms with Crippen molar-refractivity contribution in [2.24, 2.45) is 0 Å². The molecule has 0 heterocycles. The maximum absolute atomic E-state index is 11.8. The predicted molar refractivity (Wildman–Crippen MR) is 89.2 cm³/mol. The molecule has 0 radical (unpaired) electrons. The minimum atomic E-state index is -0.260. The van der Waals surface area contributed by atoms with Gasteiger partial charge in [-0.05, 0) is 30.2 Å². The molecule has 3 N–H and O–H groups in total. The molecule has 0 aliphatic rings. The Kier molecular flexibility index (Phi) is 5.74. The first-order valence-corrected chi connectivity index (χ1v) is 7.44. The molecule has 2 aromatic rings. The van der Waals surface area contributed by atoms with Gasteiger partial charge in [0.05, 0.1) is 12.1 Å². The molecule has 0 saturated carbocycles. The van der Waals surface area contributed by atoms with E-state index in [0.717, 1.165) is 11.1 Å². The van der Waals surface area contributed by atoms with Gasteiger partial charge in [0, 0.05) is 13.0 Å². The van der Waals surface area contributed by atoms with Gasteiger partial charge in [-0.3, -0.25) is 9.59 Å². The Morgan fingerprint density at radius 1 is 1.04 bits per heavy atom. The van der Waals surface area contributed by atoms with Crippen molar-refractivity contribution in [3.63, 3.8) is 0 Å². The van der Waals surface area contributed by atoms with Gasteiger partial charge < -0.3 is 15.7 Å². The Bertz CT molecular complexity index is 684. The zero-order valence-corrected chi connectivity index (χ0v) is 13.0. The lowest BCUT2D eigenvalue weighted by atomic mass is 10.1. The topological polar surface area (TPSA) is 78.4 Å². The molecule has 2 rings (SSSR count). The summed E-state index contributed by atoms with van der Waals surface area (Å²) >= 11 is 0. The smallest absolute Gasteiger partial charge is 0.226 e. The third-order valence-corrected chi connectivity index (χ3v) is 3.31. The molecule has 120 valence electrons. The van der Waals surface area contributed by atoms with Crippen LogP contribution in [0.2, 0.25) is 0 Å². The molecule has 0 unspecified atom stereocenters. The van der Waals surface area contributed by atoms with Gasteiger partial charge >= 0.3 is 0 Å². The van der Waals surface area contributed by atoms with Gasteiger partial charge in [-0.25, -0.2) is 0 Å². The number of anilines is 1. The zero-order valence-electron chi connectivity index (χ0n) is 13.0. The zero-order chi connectivity index (χ0) is 16.7. The Labute approximate surface area is 135 Å². The van der Waals surface area contributed by atoms with Gasteiger partial charge in [-0.15, -0.1) is 0 Å². The fourth-order valence-electron chi connectivity index (χ4n) is 2.12. The van der Waals surface area contributed by atoms with Crippen molar-refractivity contribution in [3.05, 3.63) is 59.7 Å². The van der Waals surface area contributed by atoms with Crippen molar-refractivity contribution in [1.29, 1.82) is 0 Å². The van der Waals surface area contributed by atoms with Crippen LogP contribution < -0.4 is 10.6 Å². The summed E-state index contributed by atoms with van der Waals surface area (Å²) < 4.78 is 0. The molecule has 5 heteroatoms. The molecule has 0 bridgehead atoms. The molecule has 0 fully saturated rings. The van der Waals surface area contributed by atoms with Crippen molar-refractivity contribution < 1.29 is 14.7 Å². The van der Waals surface area contributed by atoms with Crippen molar-refractivity contribution in [3.8, 4) is 5.75 Å². The fraction of sp³-hybridized carbons (Fsp3) is 0.222. The first kappa shape index (κ1) is 16.5. The molecular weight excluding hydrogens is 292 g/mol. The van der Waals surface area contributed by atoms with E-state index >= 15 is 0 Å². The highest BCUT2D eigenvalue weighted by Crippen LogP contribution is 2.23. The second-order valence-electron chi connectivity index (χ2n) is 5.33. The van der Waals surface area contributed by atoms with Crippen LogP contribution >= 0.6 is 0 Å². The summed E-state index contributed by atoms with van der Waals surface area (Å²) in [6, 6.07) is 14.4. The fourth-order valence-corrected chi connectivity index (χ4v) is 2.12. The highest BCUT2D eigenvalue weighted by atomic mass is 16.3. The second-order valence-corrected chi connectivity index (χ2v) is 5.33. The van der Waals surface area contributed by atoms with E-state index in [1.54, 1.807) is 18.2 Å². The van der Waals surface area contributed by atoms with E-state index in [1.165, 1.54) is 0 Å². The Morgan fingerprint density at radius 3 is 2.48 bits per heavy atom. The molecule has 0 aliphatic heterocycles. The first-order valence-electron chi connectivity index (χ1n) is 7.44. The largest absolute Gasteiger partial charge is 0.506 e. The number of carbonyl (C=O) groups is 2. The summed E-state index contributed by atoms with van der Waals surface area (Å²) in [5.74, 6) is -0.349. The van der Waals surface area contributed by atoms with E-state index in [0.29, 0.717) is 12.1 Å². The van der Waals surface area contributed by atoms with Gasteiger partial charge in [-0.2, -0.15) is 0 Å². The van der Waals surface area contributed by atoms with Crippen LogP contribution in [0.15, 0.2) is 48.5 Å². The highest BCUT2D eigenvalue weighted by Gasteiger charge is 2.08. The number of amides is 2. The molecule has 0 spiro atoms. The van der Waals surface area contributed by atoms with Crippen LogP contribution in [-0.2, 0) is 16.0 Å². The van der Waals surface area contributed by atoms with Crippen molar-refractivity contribution in [1.82, 2.24) is 5.32 Å². The number of aryl methyl sites for hydroxylation is 1. The van der Waals surface area contributed by atoms with Crippen LogP contribution in [0, 0.1) is 6.92 Å². The van der Waals surface area contributed by atoms with Gasteiger partial charge in [0.15, 0.2) is 0 Å². The quantitative estimate of drug-likeness (QED) is 0.717. The molecule has 2 amide bonds. The maximum Gasteiger partial charge on any atom is 0.226 e. The normalized spacial score (nSPS) is 10.1. The average Bonchev–Trinajstić information content (AvgIpc) is 2.51. The van der Waals surface area contributed by atoms with Crippen molar-refractivity contribution >= 4 is 17.5 Å². The van der Waals surface area contributed by atoms with Crippen LogP contribution in [-0.4, -0.2) is 23.5 Å². The molecular formula is C18H20N2O3. The molecule has 0 atom stereocenters. The van der Waals surface area contributed by atoms with Gasteiger partial charge in [0.25, 0.3) is 0 Å². The lowest BCUT2D eigenvalue weighted by Crippen LogP contribution is -2.28. The van der Waals surface area contributed by atoms with E-state index < -0.39 is 0 Å². The SMILES string of the molecule is Cc1ccc(NC(=O)CCNC(=O)Cc2ccccc2)c(O)c1. The van der Waals surface area contributed by atoms with Crippen molar-refractivity contribution in [2.75, 3.05) is 11.9 Å². The third kappa shape index (κ3) is 5.47.